The van der Waals surface area contributed by atoms with Crippen molar-refractivity contribution >= 4 is 5.82 Å². The van der Waals surface area contributed by atoms with Crippen LogP contribution in [-0.4, -0.2) is 36.1 Å². The SMILES string of the molecule is CCCNCC1CCN(c2ncnc3c2CCC3)CC1. The lowest BCUT2D eigenvalue weighted by Gasteiger charge is -2.33. The van der Waals surface area contributed by atoms with Crippen LogP contribution in [0, 0.1) is 5.92 Å². The molecule has 0 bridgehead atoms. The van der Waals surface area contributed by atoms with Crippen LogP contribution in [0.3, 0.4) is 0 Å². The summed E-state index contributed by atoms with van der Waals surface area (Å²) in [7, 11) is 0. The molecule has 1 N–H and O–H groups in total. The van der Waals surface area contributed by atoms with Crippen molar-refractivity contribution < 1.29 is 0 Å². The van der Waals surface area contributed by atoms with Crippen molar-refractivity contribution in [2.24, 2.45) is 5.92 Å². The highest BCUT2D eigenvalue weighted by molar-refractivity contribution is 5.50. The number of nitrogens with one attached hydrogen (secondary N) is 1. The van der Waals surface area contributed by atoms with Crippen LogP contribution in [0.15, 0.2) is 6.33 Å². The highest BCUT2D eigenvalue weighted by Crippen LogP contribution is 2.30. The molecule has 1 fully saturated rings. The Kier molecular flexibility index (Phi) is 4.51. The first-order valence-corrected chi connectivity index (χ1v) is 8.17. The Bertz CT molecular complexity index is 438. The fraction of sp³-hybridized carbons (Fsp3) is 0.750. The molecule has 0 atom stereocenters. The lowest BCUT2D eigenvalue weighted by atomic mass is 9.96. The molecule has 0 saturated carbocycles. The van der Waals surface area contributed by atoms with Gasteiger partial charge in [-0.2, -0.15) is 0 Å². The van der Waals surface area contributed by atoms with Gasteiger partial charge in [-0.25, -0.2) is 9.97 Å². The van der Waals surface area contributed by atoms with E-state index in [0.29, 0.717) is 0 Å². The van der Waals surface area contributed by atoms with Crippen LogP contribution >= 0.6 is 0 Å². The molecule has 110 valence electrons. The van der Waals surface area contributed by atoms with Crippen LogP contribution < -0.4 is 10.2 Å². The smallest absolute Gasteiger partial charge is 0.135 e. The van der Waals surface area contributed by atoms with Crippen LogP contribution in [-0.2, 0) is 12.8 Å². The lowest BCUT2D eigenvalue weighted by Crippen LogP contribution is -2.38. The van der Waals surface area contributed by atoms with E-state index in [1.54, 1.807) is 6.33 Å². The average molecular weight is 274 g/mol. The zero-order chi connectivity index (χ0) is 13.8. The molecule has 1 aliphatic heterocycles. The van der Waals surface area contributed by atoms with Gasteiger partial charge in [0.25, 0.3) is 0 Å². The van der Waals surface area contributed by atoms with Gasteiger partial charge in [0.05, 0.1) is 0 Å². The van der Waals surface area contributed by atoms with Crippen LogP contribution in [0.1, 0.15) is 43.9 Å². The molecule has 0 aromatic carbocycles. The van der Waals surface area contributed by atoms with Gasteiger partial charge in [-0.1, -0.05) is 6.92 Å². The van der Waals surface area contributed by atoms with E-state index < -0.39 is 0 Å². The first kappa shape index (κ1) is 13.8. The molecule has 0 amide bonds. The fourth-order valence-corrected chi connectivity index (χ4v) is 3.45. The maximum absolute atomic E-state index is 4.57. The second kappa shape index (κ2) is 6.53. The van der Waals surface area contributed by atoms with Crippen LogP contribution in [0.5, 0.6) is 0 Å². The van der Waals surface area contributed by atoms with E-state index in [0.717, 1.165) is 32.0 Å². The average Bonchev–Trinajstić information content (AvgIpc) is 2.97. The Hall–Kier alpha value is -1.16. The summed E-state index contributed by atoms with van der Waals surface area (Å²) >= 11 is 0. The van der Waals surface area contributed by atoms with Gasteiger partial charge in [-0.15, -0.1) is 0 Å². The van der Waals surface area contributed by atoms with Gasteiger partial charge in [-0.3, -0.25) is 0 Å². The highest BCUT2D eigenvalue weighted by atomic mass is 15.2. The molecule has 1 aromatic heterocycles. The van der Waals surface area contributed by atoms with Gasteiger partial charge < -0.3 is 10.2 Å². The third-order valence-corrected chi connectivity index (χ3v) is 4.63. The molecule has 3 rings (SSSR count). The summed E-state index contributed by atoms with van der Waals surface area (Å²) in [5.41, 5.74) is 2.72. The highest BCUT2D eigenvalue weighted by Gasteiger charge is 2.24. The van der Waals surface area contributed by atoms with E-state index in [-0.39, 0.29) is 0 Å². The number of aryl methyl sites for hydroxylation is 1. The van der Waals surface area contributed by atoms with Gasteiger partial charge >= 0.3 is 0 Å². The van der Waals surface area contributed by atoms with Crippen molar-refractivity contribution in [2.75, 3.05) is 31.1 Å². The molecule has 0 spiro atoms. The Labute approximate surface area is 122 Å². The molecule has 2 aliphatic rings. The van der Waals surface area contributed by atoms with Crippen molar-refractivity contribution in [1.29, 1.82) is 0 Å². The molecule has 0 unspecified atom stereocenters. The van der Waals surface area contributed by atoms with E-state index in [9.17, 15) is 0 Å². The Morgan fingerprint density at radius 1 is 1.25 bits per heavy atom. The summed E-state index contributed by atoms with van der Waals surface area (Å²) in [6.45, 7) is 6.87. The monoisotopic (exact) mass is 274 g/mol. The normalized spacial score (nSPS) is 19.4. The lowest BCUT2D eigenvalue weighted by molar-refractivity contribution is 0.382. The second-order valence-corrected chi connectivity index (χ2v) is 6.11. The van der Waals surface area contributed by atoms with Crippen molar-refractivity contribution in [2.45, 2.75) is 45.4 Å². The number of fused-ring (bicyclic) bond motifs is 1. The molecule has 4 heteroatoms. The van der Waals surface area contributed by atoms with Crippen LogP contribution in [0.25, 0.3) is 0 Å². The van der Waals surface area contributed by atoms with Gasteiger partial charge in [0.2, 0.25) is 0 Å². The molecule has 1 saturated heterocycles. The van der Waals surface area contributed by atoms with Crippen LogP contribution in [0.2, 0.25) is 0 Å². The molecule has 20 heavy (non-hydrogen) atoms. The zero-order valence-corrected chi connectivity index (χ0v) is 12.6. The molecule has 4 nitrogen and oxygen atoms in total. The first-order chi connectivity index (χ1) is 9.88. The van der Waals surface area contributed by atoms with E-state index in [1.807, 2.05) is 0 Å². The van der Waals surface area contributed by atoms with Crippen molar-refractivity contribution in [3.63, 3.8) is 0 Å². The maximum atomic E-state index is 4.57. The van der Waals surface area contributed by atoms with Crippen LogP contribution in [0.4, 0.5) is 5.82 Å². The maximum Gasteiger partial charge on any atom is 0.135 e. The van der Waals surface area contributed by atoms with Gasteiger partial charge in [0, 0.05) is 24.3 Å². The second-order valence-electron chi connectivity index (χ2n) is 6.11. The summed E-state index contributed by atoms with van der Waals surface area (Å²) < 4.78 is 0. The number of hydrogen-bond acceptors (Lipinski definition) is 4. The molecule has 1 aliphatic carbocycles. The first-order valence-electron chi connectivity index (χ1n) is 8.17. The summed E-state index contributed by atoms with van der Waals surface area (Å²) in [6.07, 6.45) is 9.12. The molecular formula is C16H26N4. The predicted molar refractivity (Wildman–Crippen MR) is 82.2 cm³/mol. The van der Waals surface area contributed by atoms with Gasteiger partial charge in [0.15, 0.2) is 0 Å². The number of piperidine rings is 1. The Morgan fingerprint density at radius 3 is 2.90 bits per heavy atom. The molecule has 0 radical (unpaired) electrons. The molecule has 1 aromatic rings. The largest absolute Gasteiger partial charge is 0.356 e. The Morgan fingerprint density at radius 2 is 2.10 bits per heavy atom. The number of aromatic nitrogens is 2. The quantitative estimate of drug-likeness (QED) is 0.836. The minimum atomic E-state index is 0.840. The van der Waals surface area contributed by atoms with Crippen molar-refractivity contribution in [1.82, 2.24) is 15.3 Å². The molecule has 2 heterocycles. The third kappa shape index (κ3) is 2.95. The van der Waals surface area contributed by atoms with E-state index in [4.69, 9.17) is 0 Å². The summed E-state index contributed by atoms with van der Waals surface area (Å²) in [6, 6.07) is 0. The van der Waals surface area contributed by atoms with Crippen molar-refractivity contribution in [3.05, 3.63) is 17.6 Å². The van der Waals surface area contributed by atoms with E-state index in [1.165, 1.54) is 55.7 Å². The summed E-state index contributed by atoms with van der Waals surface area (Å²) in [4.78, 5) is 11.5. The third-order valence-electron chi connectivity index (χ3n) is 4.63. The standard InChI is InChI=1S/C16H26N4/c1-2-8-17-11-13-6-9-20(10-7-13)16-14-4-3-5-15(14)18-12-19-16/h12-13,17H,2-11H2,1H3. The number of hydrogen-bond donors (Lipinski definition) is 1. The van der Waals surface area contributed by atoms with Gasteiger partial charge in [-0.05, 0) is 57.5 Å². The summed E-state index contributed by atoms with van der Waals surface area (Å²) in [5, 5.41) is 3.56. The minimum Gasteiger partial charge on any atom is -0.356 e. The number of anilines is 1. The van der Waals surface area contributed by atoms with Crippen molar-refractivity contribution in [3.8, 4) is 0 Å². The predicted octanol–water partition coefficient (Wildman–Crippen LogP) is 2.18. The fourth-order valence-electron chi connectivity index (χ4n) is 3.45. The molecular weight excluding hydrogens is 248 g/mol. The zero-order valence-electron chi connectivity index (χ0n) is 12.6. The Balaban J connectivity index is 1.57. The minimum absolute atomic E-state index is 0.840. The van der Waals surface area contributed by atoms with Gasteiger partial charge in [0.1, 0.15) is 12.1 Å². The van der Waals surface area contributed by atoms with E-state index >= 15 is 0 Å². The number of rotatable bonds is 5. The van der Waals surface area contributed by atoms with E-state index in [2.05, 4.69) is 27.1 Å². The number of nitrogens with zero attached hydrogens (tertiary/aromatic N) is 3. The topological polar surface area (TPSA) is 41.0 Å². The summed E-state index contributed by atoms with van der Waals surface area (Å²) in [5.74, 6) is 2.07.